The Hall–Kier alpha value is -2.08. The maximum atomic E-state index is 12.0. The molecule has 0 radical (unpaired) electrons. The summed E-state index contributed by atoms with van der Waals surface area (Å²) in [6.07, 6.45) is 2.04. The number of carbonyl (C=O) groups excluding carboxylic acids is 2. The van der Waals surface area contributed by atoms with Crippen LogP contribution in [0.4, 0.5) is 5.69 Å². The Labute approximate surface area is 137 Å². The van der Waals surface area contributed by atoms with Crippen LogP contribution in [0, 0.1) is 0 Å². The number of hydrogen-bond acceptors (Lipinski definition) is 4. The van der Waals surface area contributed by atoms with Gasteiger partial charge in [0.05, 0.1) is 11.7 Å². The molecule has 0 saturated carbocycles. The van der Waals surface area contributed by atoms with Crippen LogP contribution in [0.25, 0.3) is 0 Å². The molecule has 0 saturated heterocycles. The Morgan fingerprint density at radius 1 is 1.39 bits per heavy atom. The van der Waals surface area contributed by atoms with Gasteiger partial charge in [-0.05, 0) is 38.0 Å². The fourth-order valence-corrected chi connectivity index (χ4v) is 2.46. The lowest BCUT2D eigenvalue weighted by atomic mass is 10.1. The highest BCUT2D eigenvalue weighted by atomic mass is 16.5. The molecule has 0 spiro atoms. The van der Waals surface area contributed by atoms with Crippen molar-refractivity contribution in [3.8, 4) is 5.75 Å². The predicted molar refractivity (Wildman–Crippen MR) is 89.5 cm³/mol. The summed E-state index contributed by atoms with van der Waals surface area (Å²) in [5.41, 5.74) is 1.66. The molecule has 1 aliphatic heterocycles. The number of amides is 2. The van der Waals surface area contributed by atoms with Crippen LogP contribution in [0.5, 0.6) is 5.75 Å². The van der Waals surface area contributed by atoms with E-state index in [2.05, 4.69) is 22.9 Å². The smallest absolute Gasteiger partial charge is 0.262 e. The van der Waals surface area contributed by atoms with Gasteiger partial charge in [0.1, 0.15) is 5.75 Å². The molecule has 6 heteroatoms. The third kappa shape index (κ3) is 4.69. The van der Waals surface area contributed by atoms with Crippen LogP contribution in [-0.2, 0) is 9.59 Å². The lowest BCUT2D eigenvalue weighted by Crippen LogP contribution is -2.43. The van der Waals surface area contributed by atoms with E-state index in [1.165, 1.54) is 0 Å². The summed E-state index contributed by atoms with van der Waals surface area (Å²) in [5, 5.41) is 8.99. The van der Waals surface area contributed by atoms with E-state index >= 15 is 0 Å². The van der Waals surface area contributed by atoms with Crippen molar-refractivity contribution in [1.82, 2.24) is 10.6 Å². The molecule has 0 aromatic heterocycles. The number of hydrogen-bond donors (Lipinski definition) is 3. The molecule has 1 aromatic rings. The molecular weight excluding hydrogens is 294 g/mol. The zero-order valence-corrected chi connectivity index (χ0v) is 13.9. The van der Waals surface area contributed by atoms with Gasteiger partial charge in [0.25, 0.3) is 5.91 Å². The maximum Gasteiger partial charge on any atom is 0.262 e. The fourth-order valence-electron chi connectivity index (χ4n) is 2.46. The van der Waals surface area contributed by atoms with E-state index in [4.69, 9.17) is 4.74 Å². The molecule has 23 heavy (non-hydrogen) atoms. The van der Waals surface area contributed by atoms with E-state index < -0.39 is 0 Å². The van der Waals surface area contributed by atoms with E-state index in [-0.39, 0.29) is 30.5 Å². The van der Waals surface area contributed by atoms with E-state index in [0.29, 0.717) is 18.0 Å². The fraction of sp³-hybridized carbons (Fsp3) is 0.529. The second-order valence-electron chi connectivity index (χ2n) is 5.85. The minimum absolute atomic E-state index is 0.0000962. The van der Waals surface area contributed by atoms with E-state index in [1.54, 1.807) is 0 Å². The van der Waals surface area contributed by atoms with Gasteiger partial charge < -0.3 is 15.4 Å². The minimum Gasteiger partial charge on any atom is -0.482 e. The molecule has 126 valence electrons. The average Bonchev–Trinajstić information content (AvgIpc) is 2.54. The highest BCUT2D eigenvalue weighted by Crippen LogP contribution is 2.30. The van der Waals surface area contributed by atoms with Gasteiger partial charge in [-0.15, -0.1) is 0 Å². The largest absolute Gasteiger partial charge is 0.482 e. The highest BCUT2D eigenvalue weighted by molar-refractivity contribution is 5.95. The first-order chi connectivity index (χ1) is 11.0. The van der Waals surface area contributed by atoms with Gasteiger partial charge in [0, 0.05) is 12.6 Å². The van der Waals surface area contributed by atoms with Gasteiger partial charge in [-0.1, -0.05) is 19.4 Å². The Bertz CT molecular complexity index is 574. The number of fused-ring (bicyclic) bond motifs is 1. The van der Waals surface area contributed by atoms with Crippen molar-refractivity contribution in [2.24, 2.45) is 0 Å². The van der Waals surface area contributed by atoms with Crippen molar-refractivity contribution in [3.63, 3.8) is 0 Å². The van der Waals surface area contributed by atoms with Gasteiger partial charge in [0.15, 0.2) is 6.61 Å². The monoisotopic (exact) mass is 319 g/mol. The van der Waals surface area contributed by atoms with Crippen molar-refractivity contribution < 1.29 is 14.3 Å². The van der Waals surface area contributed by atoms with E-state index in [0.717, 1.165) is 18.4 Å². The van der Waals surface area contributed by atoms with Crippen LogP contribution in [0.3, 0.4) is 0 Å². The number of carbonyl (C=O) groups is 2. The number of rotatable bonds is 7. The second-order valence-corrected chi connectivity index (χ2v) is 5.85. The van der Waals surface area contributed by atoms with Crippen LogP contribution in [0.1, 0.15) is 45.2 Å². The Kier molecular flexibility index (Phi) is 5.98. The first-order valence-corrected chi connectivity index (χ1v) is 8.11. The molecule has 2 rings (SSSR count). The molecule has 2 amide bonds. The first kappa shape index (κ1) is 17.3. The average molecular weight is 319 g/mol. The standard InChI is InChI=1S/C17H25N3O3/c1-4-5-8-18-17(22)12(3)19-11(2)13-6-7-15-14(9-13)20-16(21)10-23-15/h6-7,9,11-12,19H,4-5,8,10H2,1-3H3,(H,18,22)(H,20,21)/t11-,12+/m0/s1. The number of benzene rings is 1. The zero-order chi connectivity index (χ0) is 16.8. The Morgan fingerprint density at radius 3 is 2.91 bits per heavy atom. The predicted octanol–water partition coefficient (Wildman–Crippen LogP) is 1.97. The van der Waals surface area contributed by atoms with E-state index in [9.17, 15) is 9.59 Å². The maximum absolute atomic E-state index is 12.0. The molecule has 2 atom stereocenters. The lowest BCUT2D eigenvalue weighted by Gasteiger charge is -2.23. The third-order valence-electron chi connectivity index (χ3n) is 3.86. The SMILES string of the molecule is CCCCNC(=O)[C@@H](C)N[C@@H](C)c1ccc2c(c1)NC(=O)CO2. The van der Waals surface area contributed by atoms with Crippen molar-refractivity contribution >= 4 is 17.5 Å². The number of anilines is 1. The second kappa shape index (κ2) is 7.97. The Balaban J connectivity index is 1.95. The van der Waals surface area contributed by atoms with Crippen LogP contribution in [-0.4, -0.2) is 31.0 Å². The molecule has 6 nitrogen and oxygen atoms in total. The molecule has 0 fully saturated rings. The van der Waals surface area contributed by atoms with E-state index in [1.807, 2.05) is 32.0 Å². The third-order valence-corrected chi connectivity index (χ3v) is 3.86. The summed E-state index contributed by atoms with van der Waals surface area (Å²) in [6.45, 7) is 6.69. The quantitative estimate of drug-likeness (QED) is 0.671. The summed E-state index contributed by atoms with van der Waals surface area (Å²) in [4.78, 5) is 23.4. The number of nitrogens with one attached hydrogen (secondary N) is 3. The van der Waals surface area contributed by atoms with Crippen molar-refractivity contribution in [2.75, 3.05) is 18.5 Å². The first-order valence-electron chi connectivity index (χ1n) is 8.11. The summed E-state index contributed by atoms with van der Waals surface area (Å²) >= 11 is 0. The Morgan fingerprint density at radius 2 is 2.17 bits per heavy atom. The van der Waals surface area contributed by atoms with Gasteiger partial charge in [-0.2, -0.15) is 0 Å². The molecule has 0 unspecified atom stereocenters. The summed E-state index contributed by atoms with van der Waals surface area (Å²) in [7, 11) is 0. The summed E-state index contributed by atoms with van der Waals surface area (Å²) in [5.74, 6) is 0.518. The molecule has 3 N–H and O–H groups in total. The molecule has 0 aliphatic carbocycles. The van der Waals surface area contributed by atoms with Crippen molar-refractivity contribution in [1.29, 1.82) is 0 Å². The number of unbranched alkanes of at least 4 members (excludes halogenated alkanes) is 1. The molecule has 1 aromatic carbocycles. The highest BCUT2D eigenvalue weighted by Gasteiger charge is 2.19. The van der Waals surface area contributed by atoms with Gasteiger partial charge in [-0.25, -0.2) is 0 Å². The number of ether oxygens (including phenoxy) is 1. The van der Waals surface area contributed by atoms with Crippen molar-refractivity contribution in [2.45, 2.75) is 45.7 Å². The molecule has 1 heterocycles. The molecule has 1 aliphatic rings. The van der Waals surface area contributed by atoms with Crippen LogP contribution < -0.4 is 20.7 Å². The molecular formula is C17H25N3O3. The van der Waals surface area contributed by atoms with Crippen LogP contribution >= 0.6 is 0 Å². The van der Waals surface area contributed by atoms with Gasteiger partial charge >= 0.3 is 0 Å². The lowest BCUT2D eigenvalue weighted by molar-refractivity contribution is -0.123. The van der Waals surface area contributed by atoms with Crippen molar-refractivity contribution in [3.05, 3.63) is 23.8 Å². The normalized spacial score (nSPS) is 15.9. The van der Waals surface area contributed by atoms with Gasteiger partial charge in [-0.3, -0.25) is 14.9 Å². The topological polar surface area (TPSA) is 79.5 Å². The van der Waals surface area contributed by atoms with Crippen LogP contribution in [0.2, 0.25) is 0 Å². The summed E-state index contributed by atoms with van der Waals surface area (Å²) in [6, 6.07) is 5.35. The zero-order valence-electron chi connectivity index (χ0n) is 13.9. The van der Waals surface area contributed by atoms with Gasteiger partial charge in [0.2, 0.25) is 5.91 Å². The molecule has 0 bridgehead atoms. The van der Waals surface area contributed by atoms with Crippen LogP contribution in [0.15, 0.2) is 18.2 Å². The summed E-state index contributed by atoms with van der Waals surface area (Å²) < 4.78 is 5.35. The minimum atomic E-state index is -0.288.